The molecule has 1 saturated heterocycles. The quantitative estimate of drug-likeness (QED) is 0.0786. The van der Waals surface area contributed by atoms with Crippen LogP contribution in [0.3, 0.4) is 0 Å². The number of hydrogen-bond donors (Lipinski definition) is 5. The highest BCUT2D eigenvalue weighted by atomic mass is 16.5. The molecule has 17 nitrogen and oxygen atoms in total. The van der Waals surface area contributed by atoms with Gasteiger partial charge in [0.05, 0.1) is 19.2 Å². The first-order valence-electron chi connectivity index (χ1n) is 15.7. The van der Waals surface area contributed by atoms with Crippen LogP contribution in [0.25, 0.3) is 0 Å². The number of nitrogens with zero attached hydrogens (tertiary/aromatic N) is 2. The van der Waals surface area contributed by atoms with Crippen molar-refractivity contribution in [3.8, 4) is 0 Å². The highest BCUT2D eigenvalue weighted by Gasteiger charge is 2.47. The molecule has 266 valence electrons. The minimum Gasteiger partial charge on any atom is -0.461 e. The Morgan fingerprint density at radius 3 is 2.20 bits per heavy atom. The van der Waals surface area contributed by atoms with Gasteiger partial charge >= 0.3 is 12.0 Å². The van der Waals surface area contributed by atoms with Crippen molar-refractivity contribution >= 4 is 53.1 Å². The highest BCUT2D eigenvalue weighted by Crippen LogP contribution is 2.26. The zero-order valence-corrected chi connectivity index (χ0v) is 27.9. The molecule has 49 heavy (non-hydrogen) atoms. The van der Waals surface area contributed by atoms with Crippen molar-refractivity contribution in [2.24, 2.45) is 11.7 Å². The summed E-state index contributed by atoms with van der Waals surface area (Å²) in [7, 11) is 1.42. The van der Waals surface area contributed by atoms with E-state index in [1.165, 1.54) is 18.9 Å². The summed E-state index contributed by atoms with van der Waals surface area (Å²) in [6.07, 6.45) is 2.61. The van der Waals surface area contributed by atoms with Gasteiger partial charge in [-0.1, -0.05) is 26.0 Å². The van der Waals surface area contributed by atoms with Crippen LogP contribution in [-0.4, -0.2) is 108 Å². The molecule has 2 heterocycles. The third-order valence-corrected chi connectivity index (χ3v) is 7.86. The fraction of sp³-hybridized carbons (Fsp3) is 0.500. The van der Waals surface area contributed by atoms with Gasteiger partial charge in [-0.25, -0.2) is 4.79 Å². The van der Waals surface area contributed by atoms with Gasteiger partial charge in [0.25, 0.3) is 11.8 Å². The summed E-state index contributed by atoms with van der Waals surface area (Å²) in [5.41, 5.74) is 6.24. The maximum absolute atomic E-state index is 13.5. The molecule has 0 bridgehead atoms. The summed E-state index contributed by atoms with van der Waals surface area (Å²) in [6.45, 7) is 4.45. The number of nitrogens with one attached hydrogen (secondary N) is 4. The molecule has 0 radical (unpaired) electrons. The maximum atomic E-state index is 13.5. The van der Waals surface area contributed by atoms with Gasteiger partial charge in [0.15, 0.2) is 0 Å². The van der Waals surface area contributed by atoms with E-state index in [-0.39, 0.29) is 39.0 Å². The first-order valence-corrected chi connectivity index (χ1v) is 15.7. The number of anilines is 1. The molecule has 2 aliphatic heterocycles. The number of primary amides is 1. The molecule has 17 heteroatoms. The van der Waals surface area contributed by atoms with Crippen molar-refractivity contribution in [2.75, 3.05) is 32.1 Å². The van der Waals surface area contributed by atoms with Gasteiger partial charge in [-0.3, -0.25) is 38.5 Å². The normalized spacial score (nSPS) is 18.3. The minimum atomic E-state index is -1.12. The number of carbonyl (C=O) groups is 8. The largest absolute Gasteiger partial charge is 0.461 e. The predicted octanol–water partition coefficient (Wildman–Crippen LogP) is -0.697. The van der Waals surface area contributed by atoms with E-state index in [0.717, 1.165) is 17.1 Å². The Bertz CT molecular complexity index is 1440. The Morgan fingerprint density at radius 1 is 0.980 bits per heavy atom. The average molecular weight is 686 g/mol. The molecule has 8 amide bonds. The van der Waals surface area contributed by atoms with Gasteiger partial charge in [-0.15, -0.1) is 0 Å². The molecule has 3 rings (SSSR count). The van der Waals surface area contributed by atoms with Crippen molar-refractivity contribution in [1.29, 1.82) is 0 Å². The standard InChI is InChI=1S/C32H43N7O10/c1-18(2)28(37-25(41)15-38-22(17-48-4)14-24(31(38)46)39-26(42)11-12-27(39)43)30(45)36-23(6-5-13-34-32(33)47)29(44)35-21-9-7-20(8-10-21)16-49-19(3)40/h7-12,18,22-24,28H,5-6,13-17H2,1-4H3,(H,35,44)(H,36,45)(H,37,41)(H3,33,34,47)/t22-,23-,24-,28-/m0/s1. The van der Waals surface area contributed by atoms with Crippen LogP contribution in [0.4, 0.5) is 10.5 Å². The van der Waals surface area contributed by atoms with Crippen LogP contribution in [0.5, 0.6) is 0 Å². The minimum absolute atomic E-state index is 0.0452. The van der Waals surface area contributed by atoms with Crippen LogP contribution in [0.2, 0.25) is 0 Å². The number of hydrogen-bond acceptors (Lipinski definition) is 10. The van der Waals surface area contributed by atoms with Gasteiger partial charge in [0.1, 0.15) is 24.7 Å². The number of amides is 8. The van der Waals surface area contributed by atoms with E-state index in [9.17, 15) is 38.4 Å². The van der Waals surface area contributed by atoms with Crippen LogP contribution in [-0.2, 0) is 49.6 Å². The Kier molecular flexibility index (Phi) is 13.8. The summed E-state index contributed by atoms with van der Waals surface area (Å²) in [4.78, 5) is 102. The molecule has 2 aliphatic rings. The number of likely N-dealkylation sites (tertiary alicyclic amines) is 1. The number of benzene rings is 1. The highest BCUT2D eigenvalue weighted by molar-refractivity contribution is 6.15. The maximum Gasteiger partial charge on any atom is 0.312 e. The van der Waals surface area contributed by atoms with Crippen LogP contribution < -0.4 is 27.0 Å². The molecule has 0 saturated carbocycles. The summed E-state index contributed by atoms with van der Waals surface area (Å²) in [5.74, 6) is -4.64. The lowest BCUT2D eigenvalue weighted by Gasteiger charge is -2.28. The van der Waals surface area contributed by atoms with Gasteiger partial charge in [0, 0.05) is 44.8 Å². The molecule has 1 aromatic carbocycles. The van der Waals surface area contributed by atoms with E-state index in [4.69, 9.17) is 15.2 Å². The number of urea groups is 1. The molecule has 1 aromatic rings. The summed E-state index contributed by atoms with van der Waals surface area (Å²) < 4.78 is 10.2. The second-order valence-electron chi connectivity index (χ2n) is 12.0. The number of esters is 1. The van der Waals surface area contributed by atoms with Gasteiger partial charge in [-0.05, 0) is 36.5 Å². The fourth-order valence-corrected chi connectivity index (χ4v) is 5.40. The third kappa shape index (κ3) is 10.9. The molecular formula is C32H43N7O10. The first kappa shape index (κ1) is 38.1. The van der Waals surface area contributed by atoms with Crippen molar-refractivity contribution in [2.45, 2.75) is 70.8 Å². The Hall–Kier alpha value is -5.32. The zero-order valence-electron chi connectivity index (χ0n) is 27.9. The smallest absolute Gasteiger partial charge is 0.312 e. The lowest BCUT2D eigenvalue weighted by molar-refractivity contribution is -0.147. The van der Waals surface area contributed by atoms with Crippen molar-refractivity contribution < 1.29 is 47.8 Å². The van der Waals surface area contributed by atoms with E-state index in [0.29, 0.717) is 11.3 Å². The third-order valence-electron chi connectivity index (χ3n) is 7.86. The second kappa shape index (κ2) is 17.7. The molecule has 1 fully saturated rings. The van der Waals surface area contributed by atoms with Gasteiger partial charge in [-0.2, -0.15) is 0 Å². The van der Waals surface area contributed by atoms with Gasteiger partial charge < -0.3 is 41.4 Å². The summed E-state index contributed by atoms with van der Waals surface area (Å²) in [5, 5.41) is 10.5. The fourth-order valence-electron chi connectivity index (χ4n) is 5.40. The number of ether oxygens (including phenoxy) is 2. The van der Waals surface area contributed by atoms with Gasteiger partial charge in [0.2, 0.25) is 23.6 Å². The number of rotatable bonds is 17. The topological polar surface area (TPSA) is 236 Å². The monoisotopic (exact) mass is 685 g/mol. The lowest BCUT2D eigenvalue weighted by atomic mass is 10.0. The molecular weight excluding hydrogens is 642 g/mol. The lowest BCUT2D eigenvalue weighted by Crippen LogP contribution is -2.56. The second-order valence-corrected chi connectivity index (χ2v) is 12.0. The van der Waals surface area contributed by atoms with Crippen LogP contribution in [0, 0.1) is 5.92 Å². The van der Waals surface area contributed by atoms with Crippen LogP contribution in [0.15, 0.2) is 36.4 Å². The predicted molar refractivity (Wildman–Crippen MR) is 173 cm³/mol. The Labute approximate surface area is 283 Å². The molecule has 0 aromatic heterocycles. The Morgan fingerprint density at radius 2 is 1.63 bits per heavy atom. The first-order chi connectivity index (χ1) is 23.2. The van der Waals surface area contributed by atoms with Crippen LogP contribution >= 0.6 is 0 Å². The van der Waals surface area contributed by atoms with E-state index >= 15 is 0 Å². The van der Waals surface area contributed by atoms with E-state index in [1.807, 2.05) is 0 Å². The number of nitrogens with two attached hydrogens (primary N) is 1. The van der Waals surface area contributed by atoms with E-state index in [2.05, 4.69) is 21.3 Å². The number of methoxy groups -OCH3 is 1. The van der Waals surface area contributed by atoms with Crippen molar-refractivity contribution in [3.05, 3.63) is 42.0 Å². The van der Waals surface area contributed by atoms with E-state index < -0.39 is 84.1 Å². The summed E-state index contributed by atoms with van der Waals surface area (Å²) >= 11 is 0. The van der Waals surface area contributed by atoms with Crippen molar-refractivity contribution in [1.82, 2.24) is 25.8 Å². The van der Waals surface area contributed by atoms with Crippen molar-refractivity contribution in [3.63, 3.8) is 0 Å². The molecule has 6 N–H and O–H groups in total. The zero-order chi connectivity index (χ0) is 36.2. The summed E-state index contributed by atoms with van der Waals surface area (Å²) in [6, 6.07) is 1.88. The average Bonchev–Trinajstić information content (AvgIpc) is 3.52. The Balaban J connectivity index is 1.69. The molecule has 0 unspecified atom stereocenters. The molecule has 0 aliphatic carbocycles. The molecule has 4 atom stereocenters. The SMILES string of the molecule is COC[C@@H]1C[C@H](N2C(=O)C=CC2=O)C(=O)N1CC(=O)N[C@H](C(=O)N[C@@H](CCCNC(N)=O)C(=O)Nc1ccc(COC(C)=O)cc1)C(C)C. The number of carbonyl (C=O) groups excluding carboxylic acids is 8. The van der Waals surface area contributed by atoms with Crippen LogP contribution in [0.1, 0.15) is 45.6 Å². The molecule has 0 spiro atoms. The van der Waals surface area contributed by atoms with E-state index in [1.54, 1.807) is 38.1 Å². The number of imide groups is 1.